The van der Waals surface area contributed by atoms with E-state index in [2.05, 4.69) is 0 Å². The van der Waals surface area contributed by atoms with Gasteiger partial charge in [-0.05, 0) is 25.7 Å². The first-order valence-corrected chi connectivity index (χ1v) is 5.63. The van der Waals surface area contributed by atoms with E-state index in [9.17, 15) is 20.4 Å². The predicted molar refractivity (Wildman–Crippen MR) is 50.1 cm³/mol. The van der Waals surface area contributed by atoms with E-state index in [-0.39, 0.29) is 0 Å². The predicted octanol–water partition coefficient (Wildman–Crippen LogP) is -1.54. The van der Waals surface area contributed by atoms with Gasteiger partial charge in [0.25, 0.3) is 0 Å². The Balaban J connectivity index is 1.91. The standard InChI is InChI=1S/C10H16O6/c11-5-1-3-7-9(5,13)16-8-4-2-6(12)10(8,14)15-7/h5-8,11-14H,1-4H2/t5-,6-,7-,8-,9-,10+/m0/s1. The van der Waals surface area contributed by atoms with Crippen LogP contribution in [0.4, 0.5) is 0 Å². The largest absolute Gasteiger partial charge is 0.387 e. The van der Waals surface area contributed by atoms with Gasteiger partial charge in [-0.1, -0.05) is 0 Å². The zero-order chi connectivity index (χ0) is 11.6. The van der Waals surface area contributed by atoms with Crippen molar-refractivity contribution < 1.29 is 29.9 Å². The molecular weight excluding hydrogens is 216 g/mol. The average molecular weight is 232 g/mol. The lowest BCUT2D eigenvalue weighted by Crippen LogP contribution is -2.65. The van der Waals surface area contributed by atoms with Crippen LogP contribution in [0.3, 0.4) is 0 Å². The monoisotopic (exact) mass is 232 g/mol. The zero-order valence-corrected chi connectivity index (χ0v) is 8.74. The molecule has 3 rings (SSSR count). The molecule has 6 heteroatoms. The molecule has 0 unspecified atom stereocenters. The summed E-state index contributed by atoms with van der Waals surface area (Å²) in [6, 6.07) is 0. The highest BCUT2D eigenvalue weighted by Crippen LogP contribution is 2.48. The quantitative estimate of drug-likeness (QED) is 0.404. The highest BCUT2D eigenvalue weighted by Gasteiger charge is 2.65. The van der Waals surface area contributed by atoms with E-state index in [1.807, 2.05) is 0 Å². The van der Waals surface area contributed by atoms with Crippen LogP contribution < -0.4 is 0 Å². The van der Waals surface area contributed by atoms with Gasteiger partial charge in [-0.15, -0.1) is 0 Å². The summed E-state index contributed by atoms with van der Waals surface area (Å²) in [7, 11) is 0. The minimum Gasteiger partial charge on any atom is -0.387 e. The third-order valence-electron chi connectivity index (χ3n) is 3.94. The molecule has 16 heavy (non-hydrogen) atoms. The molecule has 3 aliphatic rings. The van der Waals surface area contributed by atoms with Crippen LogP contribution >= 0.6 is 0 Å². The van der Waals surface area contributed by atoms with E-state index in [1.165, 1.54) is 0 Å². The van der Waals surface area contributed by atoms with Crippen LogP contribution in [0.2, 0.25) is 0 Å². The lowest BCUT2D eigenvalue weighted by Gasteiger charge is -2.47. The van der Waals surface area contributed by atoms with Gasteiger partial charge in [-0.2, -0.15) is 0 Å². The number of aliphatic hydroxyl groups is 4. The minimum atomic E-state index is -1.74. The summed E-state index contributed by atoms with van der Waals surface area (Å²) in [6.07, 6.45) is -2.04. The fourth-order valence-electron chi connectivity index (χ4n) is 2.93. The first kappa shape index (κ1) is 10.9. The topological polar surface area (TPSA) is 99.4 Å². The van der Waals surface area contributed by atoms with Gasteiger partial charge in [0, 0.05) is 0 Å². The first-order chi connectivity index (χ1) is 7.47. The lowest BCUT2D eigenvalue weighted by atomic mass is 10.0. The fraction of sp³-hybridized carbons (Fsp3) is 1.00. The molecule has 0 aromatic carbocycles. The van der Waals surface area contributed by atoms with Crippen molar-refractivity contribution in [3.63, 3.8) is 0 Å². The van der Waals surface area contributed by atoms with Crippen LogP contribution in [0, 0.1) is 0 Å². The van der Waals surface area contributed by atoms with Crippen LogP contribution in [0.15, 0.2) is 0 Å². The molecule has 0 radical (unpaired) electrons. The summed E-state index contributed by atoms with van der Waals surface area (Å²) >= 11 is 0. The normalized spacial score (nSPS) is 60.8. The van der Waals surface area contributed by atoms with Gasteiger partial charge in [-0.3, -0.25) is 0 Å². The summed E-state index contributed by atoms with van der Waals surface area (Å²) in [5.41, 5.74) is 0. The maximum atomic E-state index is 10.1. The van der Waals surface area contributed by atoms with Crippen LogP contribution in [0.25, 0.3) is 0 Å². The Bertz CT molecular complexity index is 280. The Kier molecular flexibility index (Phi) is 2.15. The average Bonchev–Trinajstić information content (AvgIpc) is 2.66. The minimum absolute atomic E-state index is 0.361. The number of fused-ring (bicyclic) bond motifs is 2. The maximum Gasteiger partial charge on any atom is 0.219 e. The molecule has 92 valence electrons. The molecular formula is C10H16O6. The van der Waals surface area contributed by atoms with Crippen LogP contribution in [0.5, 0.6) is 0 Å². The maximum absolute atomic E-state index is 10.1. The van der Waals surface area contributed by atoms with Crippen LogP contribution in [-0.4, -0.2) is 56.4 Å². The molecule has 2 aliphatic carbocycles. The number of hydrogen-bond donors (Lipinski definition) is 4. The van der Waals surface area contributed by atoms with Crippen molar-refractivity contribution in [3.8, 4) is 0 Å². The van der Waals surface area contributed by atoms with E-state index in [0.717, 1.165) is 0 Å². The Morgan fingerprint density at radius 1 is 0.750 bits per heavy atom. The first-order valence-electron chi connectivity index (χ1n) is 5.63. The SMILES string of the molecule is O[C@H]1CC[C@@H]2O[C@]3(O)[C@H](CC[C@@H]3O)O[C@@]21O. The van der Waals surface area contributed by atoms with Gasteiger partial charge in [0.15, 0.2) is 0 Å². The van der Waals surface area contributed by atoms with Crippen molar-refractivity contribution in [2.45, 2.75) is 61.7 Å². The van der Waals surface area contributed by atoms with E-state index in [4.69, 9.17) is 9.47 Å². The highest BCUT2D eigenvalue weighted by molar-refractivity contribution is 5.05. The molecule has 1 saturated heterocycles. The number of aliphatic hydroxyl groups excluding tert-OH is 2. The summed E-state index contributed by atoms with van der Waals surface area (Å²) < 4.78 is 10.8. The Morgan fingerprint density at radius 2 is 1.12 bits per heavy atom. The van der Waals surface area contributed by atoms with E-state index >= 15 is 0 Å². The molecule has 4 N–H and O–H groups in total. The van der Waals surface area contributed by atoms with Gasteiger partial charge in [0.2, 0.25) is 11.6 Å². The second-order valence-electron chi connectivity index (χ2n) is 4.90. The molecule has 1 aliphatic heterocycles. The lowest BCUT2D eigenvalue weighted by molar-refractivity contribution is -0.431. The summed E-state index contributed by atoms with van der Waals surface area (Å²) in [6.45, 7) is 0. The smallest absolute Gasteiger partial charge is 0.219 e. The van der Waals surface area contributed by atoms with Crippen LogP contribution in [-0.2, 0) is 9.47 Å². The van der Waals surface area contributed by atoms with Crippen molar-refractivity contribution in [2.24, 2.45) is 0 Å². The van der Waals surface area contributed by atoms with E-state index < -0.39 is 36.0 Å². The van der Waals surface area contributed by atoms with Gasteiger partial charge in [-0.25, -0.2) is 0 Å². The summed E-state index contributed by atoms with van der Waals surface area (Å²) in [5, 5.41) is 39.6. The Hall–Kier alpha value is -0.240. The fourth-order valence-corrected chi connectivity index (χ4v) is 2.93. The number of hydrogen-bond acceptors (Lipinski definition) is 6. The number of ether oxygens (including phenoxy) is 2. The molecule has 2 saturated carbocycles. The van der Waals surface area contributed by atoms with Crippen molar-refractivity contribution >= 4 is 0 Å². The molecule has 0 amide bonds. The molecule has 0 spiro atoms. The van der Waals surface area contributed by atoms with Crippen molar-refractivity contribution in [2.75, 3.05) is 0 Å². The van der Waals surface area contributed by atoms with E-state index in [0.29, 0.717) is 25.7 Å². The second-order valence-corrected chi connectivity index (χ2v) is 4.90. The molecule has 0 bridgehead atoms. The molecule has 3 fully saturated rings. The third kappa shape index (κ3) is 1.17. The molecule has 0 aromatic rings. The second kappa shape index (κ2) is 3.16. The van der Waals surface area contributed by atoms with E-state index in [1.54, 1.807) is 0 Å². The van der Waals surface area contributed by atoms with Gasteiger partial charge >= 0.3 is 0 Å². The van der Waals surface area contributed by atoms with Crippen molar-refractivity contribution in [1.29, 1.82) is 0 Å². The number of rotatable bonds is 0. The Labute approximate surface area is 92.4 Å². The van der Waals surface area contributed by atoms with Crippen molar-refractivity contribution in [1.82, 2.24) is 0 Å². The van der Waals surface area contributed by atoms with Crippen LogP contribution in [0.1, 0.15) is 25.7 Å². The highest BCUT2D eigenvalue weighted by atomic mass is 16.8. The van der Waals surface area contributed by atoms with Crippen molar-refractivity contribution in [3.05, 3.63) is 0 Å². The molecule has 1 heterocycles. The van der Waals surface area contributed by atoms with Gasteiger partial charge in [0.1, 0.15) is 24.4 Å². The van der Waals surface area contributed by atoms with Gasteiger partial charge < -0.3 is 29.9 Å². The third-order valence-corrected chi connectivity index (χ3v) is 3.94. The molecule has 6 nitrogen and oxygen atoms in total. The Morgan fingerprint density at radius 3 is 1.50 bits per heavy atom. The zero-order valence-electron chi connectivity index (χ0n) is 8.74. The molecule has 6 atom stereocenters. The molecule has 0 aromatic heterocycles. The summed E-state index contributed by atoms with van der Waals surface area (Å²) in [4.78, 5) is 0. The van der Waals surface area contributed by atoms with Gasteiger partial charge in [0.05, 0.1) is 0 Å². The summed E-state index contributed by atoms with van der Waals surface area (Å²) in [5.74, 6) is -3.47.